The van der Waals surface area contributed by atoms with Gasteiger partial charge in [0.25, 0.3) is 0 Å². The monoisotopic (exact) mass is 181 g/mol. The highest BCUT2D eigenvalue weighted by Crippen LogP contribution is 1.98. The third-order valence-corrected chi connectivity index (χ3v) is 7.24. The standard InChI is InChI=1S/C4H12BrNSi/c1-6-7(2,3)4-5/h6H,4H2,1-3H3. The molecule has 1 N–H and O–H groups in total. The fourth-order valence-electron chi connectivity index (χ4n) is 0.0668. The van der Waals surface area contributed by atoms with Crippen LogP contribution in [0.3, 0.4) is 0 Å². The van der Waals surface area contributed by atoms with Gasteiger partial charge in [-0.25, -0.2) is 0 Å². The van der Waals surface area contributed by atoms with Crippen LogP contribution in [0.15, 0.2) is 0 Å². The number of hydrogen-bond donors (Lipinski definition) is 1. The van der Waals surface area contributed by atoms with Gasteiger partial charge in [0, 0.05) is 4.95 Å². The minimum absolute atomic E-state index is 0.985. The van der Waals surface area contributed by atoms with E-state index in [0.29, 0.717) is 0 Å². The van der Waals surface area contributed by atoms with Crippen molar-refractivity contribution >= 4 is 24.2 Å². The summed E-state index contributed by atoms with van der Waals surface area (Å²) >= 11 is 3.43. The topological polar surface area (TPSA) is 12.0 Å². The van der Waals surface area contributed by atoms with Crippen LogP contribution in [0.25, 0.3) is 0 Å². The molecule has 0 aromatic carbocycles. The Morgan fingerprint density at radius 1 is 1.57 bits per heavy atom. The van der Waals surface area contributed by atoms with E-state index in [9.17, 15) is 0 Å². The summed E-state index contributed by atoms with van der Waals surface area (Å²) in [6.45, 7) is 4.56. The van der Waals surface area contributed by atoms with E-state index in [4.69, 9.17) is 0 Å². The van der Waals surface area contributed by atoms with Crippen molar-refractivity contribution in [3.05, 3.63) is 0 Å². The van der Waals surface area contributed by atoms with Crippen LogP contribution in [-0.4, -0.2) is 20.2 Å². The van der Waals surface area contributed by atoms with Crippen LogP contribution in [-0.2, 0) is 0 Å². The molecule has 0 aromatic heterocycles. The van der Waals surface area contributed by atoms with E-state index in [1.807, 2.05) is 7.05 Å². The first-order chi connectivity index (χ1) is 3.12. The minimum Gasteiger partial charge on any atom is -0.340 e. The quantitative estimate of drug-likeness (QED) is 0.502. The molecule has 0 radical (unpaired) electrons. The van der Waals surface area contributed by atoms with Crippen LogP contribution in [0.4, 0.5) is 0 Å². The highest BCUT2D eigenvalue weighted by Gasteiger charge is 2.14. The lowest BCUT2D eigenvalue weighted by Crippen LogP contribution is -2.43. The largest absolute Gasteiger partial charge is 0.340 e. The third kappa shape index (κ3) is 3.26. The zero-order chi connectivity index (χ0) is 5.91. The van der Waals surface area contributed by atoms with Crippen LogP contribution >= 0.6 is 15.9 Å². The summed E-state index contributed by atoms with van der Waals surface area (Å²) in [6, 6.07) is 0. The Bertz CT molecular complexity index is 49.7. The first-order valence-electron chi connectivity index (χ1n) is 2.37. The molecule has 0 aliphatic rings. The lowest BCUT2D eigenvalue weighted by molar-refractivity contribution is 1.16. The maximum Gasteiger partial charge on any atom is 0.129 e. The van der Waals surface area contributed by atoms with Crippen molar-refractivity contribution in [2.75, 3.05) is 12.0 Å². The fraction of sp³-hybridized carbons (Fsp3) is 1.00. The second kappa shape index (κ2) is 2.84. The molecule has 7 heavy (non-hydrogen) atoms. The molecule has 0 aliphatic heterocycles. The van der Waals surface area contributed by atoms with Gasteiger partial charge in [-0.1, -0.05) is 29.0 Å². The Labute approximate surface area is 54.7 Å². The summed E-state index contributed by atoms with van der Waals surface area (Å²) in [5.74, 6) is 0. The molecule has 44 valence electrons. The predicted molar refractivity (Wildman–Crippen MR) is 40.3 cm³/mol. The molecule has 0 spiro atoms. The van der Waals surface area contributed by atoms with Crippen LogP contribution < -0.4 is 4.98 Å². The maximum absolute atomic E-state index is 3.43. The minimum atomic E-state index is -0.985. The molecule has 0 saturated carbocycles. The molecule has 0 rings (SSSR count). The van der Waals surface area contributed by atoms with Gasteiger partial charge in [0.05, 0.1) is 0 Å². The van der Waals surface area contributed by atoms with E-state index in [1.165, 1.54) is 0 Å². The van der Waals surface area contributed by atoms with Gasteiger partial charge < -0.3 is 4.98 Å². The maximum atomic E-state index is 3.43. The van der Waals surface area contributed by atoms with Crippen molar-refractivity contribution in [1.82, 2.24) is 4.98 Å². The number of rotatable bonds is 2. The molecular weight excluding hydrogens is 170 g/mol. The second-order valence-electron chi connectivity index (χ2n) is 2.27. The molecule has 3 heteroatoms. The molecule has 0 saturated heterocycles. The smallest absolute Gasteiger partial charge is 0.129 e. The Morgan fingerprint density at radius 3 is 2.00 bits per heavy atom. The van der Waals surface area contributed by atoms with Crippen LogP contribution in [0.5, 0.6) is 0 Å². The number of halogens is 1. The molecule has 0 bridgehead atoms. The summed E-state index contributed by atoms with van der Waals surface area (Å²) in [4.78, 5) is 4.42. The Balaban J connectivity index is 3.36. The van der Waals surface area contributed by atoms with Gasteiger partial charge in [0.2, 0.25) is 0 Å². The highest BCUT2D eigenvalue weighted by molar-refractivity contribution is 9.09. The molecule has 0 amide bonds. The predicted octanol–water partition coefficient (Wildman–Crippen LogP) is 1.35. The van der Waals surface area contributed by atoms with Gasteiger partial charge in [-0.15, -0.1) is 0 Å². The van der Waals surface area contributed by atoms with Gasteiger partial charge >= 0.3 is 0 Å². The summed E-state index contributed by atoms with van der Waals surface area (Å²) in [7, 11) is 1.04. The molecule has 0 fully saturated rings. The zero-order valence-corrected chi connectivity index (χ0v) is 7.67. The van der Waals surface area contributed by atoms with Gasteiger partial charge in [-0.05, 0) is 7.05 Å². The van der Waals surface area contributed by atoms with E-state index >= 15 is 0 Å². The van der Waals surface area contributed by atoms with Crippen molar-refractivity contribution in [3.8, 4) is 0 Å². The normalized spacial score (nSPS) is 12.0. The average Bonchev–Trinajstić information content (AvgIpc) is 1.68. The van der Waals surface area contributed by atoms with Gasteiger partial charge in [-0.3, -0.25) is 0 Å². The number of hydrogen-bond acceptors (Lipinski definition) is 1. The summed E-state index contributed by atoms with van der Waals surface area (Å²) < 4.78 is 0. The SMILES string of the molecule is CN[Si](C)(C)CBr. The van der Waals surface area contributed by atoms with Gasteiger partial charge in [0.15, 0.2) is 0 Å². The molecule has 0 unspecified atom stereocenters. The summed E-state index contributed by atoms with van der Waals surface area (Å²) in [5.41, 5.74) is 0. The number of alkyl halides is 1. The Morgan fingerprint density at radius 2 is 2.00 bits per heavy atom. The van der Waals surface area contributed by atoms with E-state index in [1.54, 1.807) is 0 Å². The van der Waals surface area contributed by atoms with Gasteiger partial charge in [-0.2, -0.15) is 0 Å². The lowest BCUT2D eigenvalue weighted by Gasteiger charge is -2.16. The van der Waals surface area contributed by atoms with E-state index in [2.05, 4.69) is 34.0 Å². The fourth-order valence-corrected chi connectivity index (χ4v) is 1.04. The van der Waals surface area contributed by atoms with Crippen LogP contribution in [0.1, 0.15) is 0 Å². The van der Waals surface area contributed by atoms with Crippen molar-refractivity contribution in [3.63, 3.8) is 0 Å². The summed E-state index contributed by atoms with van der Waals surface area (Å²) in [5, 5.41) is 0. The molecule has 0 aromatic rings. The van der Waals surface area contributed by atoms with Crippen molar-refractivity contribution in [2.24, 2.45) is 0 Å². The Kier molecular flexibility index (Phi) is 3.11. The molecule has 0 aliphatic carbocycles. The second-order valence-corrected chi connectivity index (χ2v) is 8.48. The van der Waals surface area contributed by atoms with E-state index < -0.39 is 8.24 Å². The van der Waals surface area contributed by atoms with Crippen molar-refractivity contribution < 1.29 is 0 Å². The highest BCUT2D eigenvalue weighted by atomic mass is 79.9. The third-order valence-electron chi connectivity index (χ3n) is 1.01. The molecule has 1 nitrogen and oxygen atoms in total. The first kappa shape index (κ1) is 7.66. The van der Waals surface area contributed by atoms with Crippen LogP contribution in [0, 0.1) is 0 Å². The molecular formula is C4H12BrNSi. The van der Waals surface area contributed by atoms with Gasteiger partial charge in [0.1, 0.15) is 8.24 Å². The zero-order valence-electron chi connectivity index (χ0n) is 5.09. The van der Waals surface area contributed by atoms with E-state index in [0.717, 1.165) is 4.95 Å². The van der Waals surface area contributed by atoms with Crippen molar-refractivity contribution in [2.45, 2.75) is 13.1 Å². The number of nitrogens with one attached hydrogen (secondary N) is 1. The molecule has 0 atom stereocenters. The molecule has 0 heterocycles. The first-order valence-corrected chi connectivity index (χ1v) is 6.70. The lowest BCUT2D eigenvalue weighted by atomic mass is 11.6. The Hall–Kier alpha value is 0.657. The average molecular weight is 182 g/mol. The van der Waals surface area contributed by atoms with Crippen LogP contribution in [0.2, 0.25) is 13.1 Å². The van der Waals surface area contributed by atoms with E-state index in [-0.39, 0.29) is 0 Å². The summed E-state index contributed by atoms with van der Waals surface area (Å²) in [6.07, 6.45) is 0. The van der Waals surface area contributed by atoms with Crippen molar-refractivity contribution in [1.29, 1.82) is 0 Å².